The summed E-state index contributed by atoms with van der Waals surface area (Å²) in [6.45, 7) is 0.405. The number of ether oxygens (including phenoxy) is 2. The number of hydrogen-bond acceptors (Lipinski definition) is 7. The zero-order valence-electron chi connectivity index (χ0n) is 19.0. The zero-order valence-corrected chi connectivity index (χ0v) is 19.8. The van der Waals surface area contributed by atoms with E-state index < -0.39 is 5.25 Å². The molecule has 3 aromatic rings. The number of thioether (sulfide) groups is 1. The van der Waals surface area contributed by atoms with Crippen molar-refractivity contribution in [1.82, 2.24) is 5.32 Å². The highest BCUT2D eigenvalue weighted by atomic mass is 32.2. The van der Waals surface area contributed by atoms with Gasteiger partial charge in [-0.3, -0.25) is 9.59 Å². The first-order valence-corrected chi connectivity index (χ1v) is 11.8. The van der Waals surface area contributed by atoms with E-state index >= 15 is 0 Å². The van der Waals surface area contributed by atoms with Crippen molar-refractivity contribution in [2.45, 2.75) is 18.3 Å². The van der Waals surface area contributed by atoms with Crippen molar-refractivity contribution in [3.05, 3.63) is 90.0 Å². The van der Waals surface area contributed by atoms with Gasteiger partial charge in [-0.25, -0.2) is 0 Å². The van der Waals surface area contributed by atoms with Crippen LogP contribution in [0.4, 0.5) is 5.69 Å². The largest absolute Gasteiger partial charge is 0.493 e. The van der Waals surface area contributed by atoms with Gasteiger partial charge in [0, 0.05) is 12.1 Å². The van der Waals surface area contributed by atoms with Gasteiger partial charge in [-0.15, -0.1) is 5.10 Å². The molecule has 0 radical (unpaired) electrons. The Labute approximate surface area is 207 Å². The van der Waals surface area contributed by atoms with E-state index in [1.807, 2.05) is 60.7 Å². The lowest BCUT2D eigenvalue weighted by Crippen LogP contribution is -2.28. The molecule has 0 saturated carbocycles. The Morgan fingerprint density at radius 1 is 1.06 bits per heavy atom. The van der Waals surface area contributed by atoms with Crippen LogP contribution in [0.1, 0.15) is 17.5 Å². The Morgan fingerprint density at radius 2 is 1.80 bits per heavy atom. The lowest BCUT2D eigenvalue weighted by atomic mass is 10.2. The Hall–Kier alpha value is -4.11. The number of nitrogens with one attached hydrogen (secondary N) is 2. The molecule has 0 bridgehead atoms. The fraction of sp³-hybridized carbons (Fsp3) is 0.154. The van der Waals surface area contributed by atoms with Gasteiger partial charge in [0.05, 0.1) is 13.3 Å². The van der Waals surface area contributed by atoms with Crippen LogP contribution in [0.5, 0.6) is 11.5 Å². The van der Waals surface area contributed by atoms with E-state index in [1.54, 1.807) is 31.5 Å². The first-order chi connectivity index (χ1) is 17.1. The van der Waals surface area contributed by atoms with Gasteiger partial charge in [0.1, 0.15) is 11.9 Å². The second-order valence-electron chi connectivity index (χ2n) is 7.55. The molecule has 0 aliphatic carbocycles. The fourth-order valence-electron chi connectivity index (χ4n) is 3.26. The number of anilines is 1. The van der Waals surface area contributed by atoms with Crippen LogP contribution in [0.3, 0.4) is 0 Å². The summed E-state index contributed by atoms with van der Waals surface area (Å²) in [4.78, 5) is 24.5. The number of hydrogen-bond donors (Lipinski definition) is 2. The maximum Gasteiger partial charge on any atom is 0.240 e. The number of carbonyl (C=O) groups is 2. The summed E-state index contributed by atoms with van der Waals surface area (Å²) in [5.41, 5.74) is 2.48. The van der Waals surface area contributed by atoms with Gasteiger partial charge in [0.2, 0.25) is 11.8 Å². The Bertz CT molecular complexity index is 1230. The number of carbonyl (C=O) groups excluding carboxylic acids is 2. The predicted octanol–water partition coefficient (Wildman–Crippen LogP) is 4.22. The number of amides is 2. The molecule has 3 aromatic carbocycles. The van der Waals surface area contributed by atoms with E-state index in [4.69, 9.17) is 9.47 Å². The third kappa shape index (κ3) is 6.94. The van der Waals surface area contributed by atoms with Crippen molar-refractivity contribution >= 4 is 40.6 Å². The lowest BCUT2D eigenvalue weighted by molar-refractivity contribution is -0.122. The summed E-state index contributed by atoms with van der Waals surface area (Å²) in [5, 5.41) is 13.4. The summed E-state index contributed by atoms with van der Waals surface area (Å²) in [7, 11) is 1.58. The summed E-state index contributed by atoms with van der Waals surface area (Å²) in [6, 6.07) is 24.4. The van der Waals surface area contributed by atoms with E-state index in [9.17, 15) is 9.59 Å². The number of methoxy groups -OCH3 is 1. The average Bonchev–Trinajstić information content (AvgIpc) is 3.22. The molecule has 9 heteroatoms. The molecule has 0 spiro atoms. The fourth-order valence-corrected chi connectivity index (χ4v) is 4.18. The second kappa shape index (κ2) is 11.8. The average molecular weight is 489 g/mol. The van der Waals surface area contributed by atoms with Crippen LogP contribution in [0.25, 0.3) is 0 Å². The van der Waals surface area contributed by atoms with E-state index in [0.29, 0.717) is 29.0 Å². The molecule has 2 N–H and O–H groups in total. The van der Waals surface area contributed by atoms with Crippen molar-refractivity contribution in [1.29, 1.82) is 0 Å². The minimum Gasteiger partial charge on any atom is -0.493 e. The van der Waals surface area contributed by atoms with E-state index in [-0.39, 0.29) is 18.2 Å². The number of para-hydroxylation sites is 1. The van der Waals surface area contributed by atoms with Crippen molar-refractivity contribution in [3.63, 3.8) is 0 Å². The van der Waals surface area contributed by atoms with Gasteiger partial charge in [-0.05, 0) is 41.5 Å². The maximum atomic E-state index is 12.3. The third-order valence-corrected chi connectivity index (χ3v) is 6.06. The standard InChI is InChI=1S/C26H24N4O4S/c1-33-21-13-12-19(14-22(21)34-17-18-8-4-2-5-9-18)16-27-30-26-29-25(32)23(35-26)15-24(31)28-20-10-6-3-7-11-20/h2-14,16,23H,15,17H2,1H3,(H,28,31)(H,29,30,32)/b27-16-/t23-/m0/s1. The molecule has 0 aromatic heterocycles. The van der Waals surface area contributed by atoms with Crippen molar-refractivity contribution in [2.24, 2.45) is 10.2 Å². The number of benzene rings is 3. The lowest BCUT2D eigenvalue weighted by Gasteiger charge is -2.11. The zero-order chi connectivity index (χ0) is 24.5. The highest BCUT2D eigenvalue weighted by Gasteiger charge is 2.32. The molecule has 1 heterocycles. The highest BCUT2D eigenvalue weighted by Crippen LogP contribution is 2.28. The predicted molar refractivity (Wildman–Crippen MR) is 138 cm³/mol. The van der Waals surface area contributed by atoms with Gasteiger partial charge >= 0.3 is 0 Å². The van der Waals surface area contributed by atoms with Crippen molar-refractivity contribution in [2.75, 3.05) is 12.4 Å². The molecule has 1 aliphatic rings. The topological polar surface area (TPSA) is 101 Å². The van der Waals surface area contributed by atoms with Crippen LogP contribution >= 0.6 is 11.8 Å². The Balaban J connectivity index is 1.34. The van der Waals surface area contributed by atoms with E-state index in [0.717, 1.165) is 11.1 Å². The first-order valence-electron chi connectivity index (χ1n) is 10.9. The van der Waals surface area contributed by atoms with Crippen LogP contribution in [0.2, 0.25) is 0 Å². The first kappa shape index (κ1) is 24.0. The van der Waals surface area contributed by atoms with E-state index in [2.05, 4.69) is 20.8 Å². The monoisotopic (exact) mass is 488 g/mol. The second-order valence-corrected chi connectivity index (χ2v) is 8.74. The van der Waals surface area contributed by atoms with Gasteiger partial charge in [-0.2, -0.15) is 5.10 Å². The number of amidine groups is 1. The van der Waals surface area contributed by atoms with Crippen LogP contribution < -0.4 is 20.1 Å². The van der Waals surface area contributed by atoms with Gasteiger partial charge in [-0.1, -0.05) is 60.3 Å². The molecule has 4 rings (SSSR count). The van der Waals surface area contributed by atoms with Crippen LogP contribution in [-0.4, -0.2) is 35.6 Å². The normalized spacial score (nSPS) is 16.3. The molecule has 1 fully saturated rings. The molecule has 178 valence electrons. The SMILES string of the molecule is COc1ccc(/C=N\N=C2\NC(=O)[C@H](CC(=O)Nc3ccccc3)S2)cc1OCc1ccccc1. The summed E-state index contributed by atoms with van der Waals surface area (Å²) < 4.78 is 11.3. The summed E-state index contributed by atoms with van der Waals surface area (Å²) in [5.74, 6) is 0.684. The maximum absolute atomic E-state index is 12.3. The molecule has 1 atom stereocenters. The smallest absolute Gasteiger partial charge is 0.240 e. The summed E-state index contributed by atoms with van der Waals surface area (Å²) >= 11 is 1.18. The van der Waals surface area contributed by atoms with Gasteiger partial charge in [0.15, 0.2) is 16.7 Å². The highest BCUT2D eigenvalue weighted by molar-refractivity contribution is 8.15. The molecular formula is C26H24N4O4S. The molecule has 2 amide bonds. The number of rotatable bonds is 9. The van der Waals surface area contributed by atoms with Crippen LogP contribution in [0.15, 0.2) is 89.1 Å². The minimum absolute atomic E-state index is 0.0364. The minimum atomic E-state index is -0.563. The van der Waals surface area contributed by atoms with Gasteiger partial charge < -0.3 is 20.1 Å². The molecule has 8 nitrogen and oxygen atoms in total. The van der Waals surface area contributed by atoms with Gasteiger partial charge in [0.25, 0.3) is 0 Å². The Morgan fingerprint density at radius 3 is 2.54 bits per heavy atom. The summed E-state index contributed by atoms with van der Waals surface area (Å²) in [6.07, 6.45) is 1.60. The number of nitrogens with zero attached hydrogens (tertiary/aromatic N) is 2. The molecule has 1 saturated heterocycles. The van der Waals surface area contributed by atoms with Crippen LogP contribution in [0, 0.1) is 0 Å². The van der Waals surface area contributed by atoms with Crippen molar-refractivity contribution in [3.8, 4) is 11.5 Å². The molecule has 1 aliphatic heterocycles. The molecule has 35 heavy (non-hydrogen) atoms. The molecule has 0 unspecified atom stereocenters. The van der Waals surface area contributed by atoms with E-state index in [1.165, 1.54) is 11.8 Å². The van der Waals surface area contributed by atoms with Crippen LogP contribution in [-0.2, 0) is 16.2 Å². The Kier molecular flexibility index (Phi) is 8.13. The third-order valence-electron chi connectivity index (χ3n) is 4.99. The quantitative estimate of drug-likeness (QED) is 0.347. The molecular weight excluding hydrogens is 464 g/mol. The van der Waals surface area contributed by atoms with Crippen molar-refractivity contribution < 1.29 is 19.1 Å².